The molecule has 1 aromatic heterocycles. The Morgan fingerprint density at radius 3 is 2.54 bits per heavy atom. The quantitative estimate of drug-likeness (QED) is 0.727. The van der Waals surface area contributed by atoms with Crippen LogP contribution in [0.15, 0.2) is 30.6 Å². The number of esters is 2. The van der Waals surface area contributed by atoms with Crippen molar-refractivity contribution in [1.82, 2.24) is 9.88 Å². The summed E-state index contributed by atoms with van der Waals surface area (Å²) in [6.45, 7) is 6.84. The number of hydrogen-bond acceptors (Lipinski definition) is 8. The lowest BCUT2D eigenvalue weighted by Gasteiger charge is -2.47. The number of carbonyl (C=O) groups excluding carboxylic acids is 2. The van der Waals surface area contributed by atoms with E-state index in [1.54, 1.807) is 17.3 Å². The molecule has 8 nitrogen and oxygen atoms in total. The Hall–Kier alpha value is -2.61. The predicted octanol–water partition coefficient (Wildman–Crippen LogP) is 1.32. The fourth-order valence-corrected chi connectivity index (χ4v) is 3.02. The molecule has 1 aromatic rings. The molecule has 0 aliphatic carbocycles. The van der Waals surface area contributed by atoms with Gasteiger partial charge in [-0.05, 0) is 13.0 Å². The van der Waals surface area contributed by atoms with Crippen LogP contribution in [0.2, 0.25) is 0 Å². The maximum Gasteiger partial charge on any atom is 0.356 e. The number of ether oxygens (including phenoxy) is 3. The summed E-state index contributed by atoms with van der Waals surface area (Å²) in [6.07, 6.45) is 6.31. The standard InChI is InChI=1S/C18H23N3O5/c1-3-9-24-15-10-14(11-19-12-15)21-8-7-20(4-2)13-18(21)25-16(22)5-6-17(23)26-18/h5-6,10-12H,3-4,7-9,13H2,1-2H3. The van der Waals surface area contributed by atoms with Crippen LogP contribution in [0.5, 0.6) is 5.75 Å². The van der Waals surface area contributed by atoms with Crippen LogP contribution in [0.1, 0.15) is 20.3 Å². The second kappa shape index (κ2) is 7.74. The summed E-state index contributed by atoms with van der Waals surface area (Å²) in [4.78, 5) is 32.1. The van der Waals surface area contributed by atoms with Gasteiger partial charge in [0.2, 0.25) is 0 Å². The van der Waals surface area contributed by atoms with Crippen LogP contribution in [0, 0.1) is 0 Å². The minimum Gasteiger partial charge on any atom is -0.492 e. The van der Waals surface area contributed by atoms with Crippen LogP contribution in [-0.2, 0) is 19.1 Å². The van der Waals surface area contributed by atoms with Gasteiger partial charge < -0.3 is 14.2 Å². The first-order chi connectivity index (χ1) is 12.6. The minimum absolute atomic E-state index is 0.253. The van der Waals surface area contributed by atoms with Crippen LogP contribution in [0.3, 0.4) is 0 Å². The van der Waals surface area contributed by atoms with Crippen LogP contribution in [-0.4, -0.2) is 60.5 Å². The topological polar surface area (TPSA) is 81.2 Å². The maximum atomic E-state index is 12.1. The van der Waals surface area contributed by atoms with Crippen molar-refractivity contribution in [3.8, 4) is 5.75 Å². The Morgan fingerprint density at radius 2 is 1.88 bits per heavy atom. The fourth-order valence-electron chi connectivity index (χ4n) is 3.02. The van der Waals surface area contributed by atoms with Gasteiger partial charge >= 0.3 is 17.8 Å². The van der Waals surface area contributed by atoms with Gasteiger partial charge in [0.1, 0.15) is 5.75 Å². The van der Waals surface area contributed by atoms with Gasteiger partial charge in [0, 0.05) is 31.3 Å². The monoisotopic (exact) mass is 361 g/mol. The lowest BCUT2D eigenvalue weighted by Crippen LogP contribution is -2.66. The Bertz CT molecular complexity index is 686. The van der Waals surface area contributed by atoms with Crippen LogP contribution in [0.25, 0.3) is 0 Å². The van der Waals surface area contributed by atoms with Crippen LogP contribution < -0.4 is 9.64 Å². The number of pyridine rings is 1. The molecular formula is C18H23N3O5. The molecule has 3 heterocycles. The smallest absolute Gasteiger partial charge is 0.356 e. The molecule has 2 aliphatic heterocycles. The van der Waals surface area contributed by atoms with E-state index in [4.69, 9.17) is 14.2 Å². The van der Waals surface area contributed by atoms with E-state index < -0.39 is 17.8 Å². The number of anilines is 1. The molecule has 1 fully saturated rings. The van der Waals surface area contributed by atoms with Crippen molar-refractivity contribution in [2.75, 3.05) is 37.7 Å². The predicted molar refractivity (Wildman–Crippen MR) is 93.5 cm³/mol. The Labute approximate surface area is 152 Å². The number of likely N-dealkylation sites (N-methyl/N-ethyl adjacent to an activating group) is 1. The van der Waals surface area contributed by atoms with Gasteiger partial charge in [0.25, 0.3) is 0 Å². The molecule has 0 N–H and O–H groups in total. The van der Waals surface area contributed by atoms with Crippen molar-refractivity contribution in [3.63, 3.8) is 0 Å². The first-order valence-electron chi connectivity index (χ1n) is 8.78. The maximum absolute atomic E-state index is 12.1. The van der Waals surface area contributed by atoms with Gasteiger partial charge in [-0.15, -0.1) is 0 Å². The highest BCUT2D eigenvalue weighted by atomic mass is 16.8. The molecule has 3 rings (SSSR count). The summed E-state index contributed by atoms with van der Waals surface area (Å²) in [7, 11) is 0. The second-order valence-electron chi connectivity index (χ2n) is 6.14. The number of hydrogen-bond donors (Lipinski definition) is 0. The highest BCUT2D eigenvalue weighted by Gasteiger charge is 2.50. The Kier molecular flexibility index (Phi) is 5.41. The van der Waals surface area contributed by atoms with E-state index >= 15 is 0 Å². The molecule has 0 aromatic carbocycles. The van der Waals surface area contributed by atoms with Crippen molar-refractivity contribution < 1.29 is 23.8 Å². The third-order valence-corrected chi connectivity index (χ3v) is 4.28. The van der Waals surface area contributed by atoms with E-state index in [1.165, 1.54) is 0 Å². The van der Waals surface area contributed by atoms with Crippen molar-refractivity contribution in [2.24, 2.45) is 0 Å². The third-order valence-electron chi connectivity index (χ3n) is 4.28. The van der Waals surface area contributed by atoms with Crippen molar-refractivity contribution >= 4 is 17.6 Å². The van der Waals surface area contributed by atoms with E-state index in [2.05, 4.69) is 9.88 Å². The fraction of sp³-hybridized carbons (Fsp3) is 0.500. The van der Waals surface area contributed by atoms with Gasteiger partial charge in [-0.1, -0.05) is 13.8 Å². The molecule has 0 saturated carbocycles. The van der Waals surface area contributed by atoms with E-state index in [-0.39, 0.29) is 6.54 Å². The zero-order valence-corrected chi connectivity index (χ0v) is 15.0. The minimum atomic E-state index is -1.53. The molecule has 0 atom stereocenters. The van der Waals surface area contributed by atoms with Crippen molar-refractivity contribution in [3.05, 3.63) is 30.6 Å². The molecule has 26 heavy (non-hydrogen) atoms. The number of nitrogens with zero attached hydrogens (tertiary/aromatic N) is 3. The van der Waals surface area contributed by atoms with E-state index in [0.717, 1.165) is 31.7 Å². The molecular weight excluding hydrogens is 338 g/mol. The summed E-state index contributed by atoms with van der Waals surface area (Å²) in [5, 5.41) is 0. The highest BCUT2D eigenvalue weighted by Crippen LogP contribution is 2.33. The van der Waals surface area contributed by atoms with Crippen LogP contribution >= 0.6 is 0 Å². The summed E-state index contributed by atoms with van der Waals surface area (Å²) in [5.41, 5.74) is 0.664. The van der Waals surface area contributed by atoms with Gasteiger partial charge in [0.15, 0.2) is 0 Å². The number of aromatic nitrogens is 1. The van der Waals surface area contributed by atoms with Crippen LogP contribution in [0.4, 0.5) is 5.69 Å². The summed E-state index contributed by atoms with van der Waals surface area (Å²) < 4.78 is 16.8. The molecule has 8 heteroatoms. The Balaban J connectivity index is 1.95. The van der Waals surface area contributed by atoms with Gasteiger partial charge in [-0.25, -0.2) is 9.59 Å². The molecule has 0 unspecified atom stereocenters. The van der Waals surface area contributed by atoms with Crippen molar-refractivity contribution in [1.29, 1.82) is 0 Å². The number of rotatable bonds is 5. The zero-order valence-electron chi connectivity index (χ0n) is 15.0. The van der Waals surface area contributed by atoms with Gasteiger partial charge in [0.05, 0.1) is 31.2 Å². The first kappa shape index (κ1) is 18.2. The molecule has 0 amide bonds. The summed E-state index contributed by atoms with van der Waals surface area (Å²) in [6, 6.07) is 1.81. The normalized spacial score (nSPS) is 19.8. The van der Waals surface area contributed by atoms with E-state index in [0.29, 0.717) is 24.6 Å². The SMILES string of the molecule is CCCOc1cncc(N2CCN(CC)CC23OC(=O)C=CC(=O)O3)c1. The summed E-state index contributed by atoms with van der Waals surface area (Å²) in [5.74, 6) is -2.16. The molecule has 2 aliphatic rings. The molecule has 0 radical (unpaired) electrons. The van der Waals surface area contributed by atoms with Crippen molar-refractivity contribution in [2.45, 2.75) is 26.2 Å². The van der Waals surface area contributed by atoms with Gasteiger partial charge in [-0.3, -0.25) is 14.8 Å². The second-order valence-corrected chi connectivity index (χ2v) is 6.14. The lowest BCUT2D eigenvalue weighted by molar-refractivity contribution is -0.231. The summed E-state index contributed by atoms with van der Waals surface area (Å²) >= 11 is 0. The Morgan fingerprint density at radius 1 is 1.15 bits per heavy atom. The van der Waals surface area contributed by atoms with Gasteiger partial charge in [-0.2, -0.15) is 0 Å². The average Bonchev–Trinajstić information content (AvgIpc) is 2.78. The molecule has 140 valence electrons. The molecule has 0 bridgehead atoms. The highest BCUT2D eigenvalue weighted by molar-refractivity contribution is 5.93. The number of carbonyl (C=O) groups is 2. The first-order valence-corrected chi connectivity index (χ1v) is 8.78. The average molecular weight is 361 g/mol. The van der Waals surface area contributed by atoms with E-state index in [1.807, 2.05) is 19.9 Å². The molecule has 1 saturated heterocycles. The zero-order chi connectivity index (χ0) is 18.6. The third kappa shape index (κ3) is 3.80. The lowest BCUT2D eigenvalue weighted by atomic mass is 10.2. The largest absolute Gasteiger partial charge is 0.492 e. The van der Waals surface area contributed by atoms with E-state index in [9.17, 15) is 9.59 Å². The number of piperazine rings is 1. The molecule has 1 spiro atoms.